The van der Waals surface area contributed by atoms with Gasteiger partial charge in [-0.05, 0) is 0 Å². The second-order valence-corrected chi connectivity index (χ2v) is 5.15. The van der Waals surface area contributed by atoms with E-state index in [0.717, 1.165) is 5.56 Å². The Hall–Kier alpha value is 0.204. The minimum absolute atomic E-state index is 0. The van der Waals surface area contributed by atoms with Crippen molar-refractivity contribution in [3.8, 4) is 0 Å². The molecule has 1 rings (SSSR count). The average Bonchev–Trinajstić information content (AvgIpc) is 2.06. The molecule has 0 saturated heterocycles. The maximum absolute atomic E-state index is 11.5. The Balaban J connectivity index is 0.00000144. The van der Waals surface area contributed by atoms with Gasteiger partial charge in [-0.15, -0.1) is 5.56 Å². The van der Waals surface area contributed by atoms with Crippen LogP contribution in [0.2, 0.25) is 0 Å². The monoisotopic (exact) mass is 272 g/mol. The van der Waals surface area contributed by atoms with E-state index < -0.39 is 9.73 Å². The zero-order valence-corrected chi connectivity index (χ0v) is 11.4. The van der Waals surface area contributed by atoms with Crippen molar-refractivity contribution >= 4 is 9.73 Å². The minimum Gasteiger partial charge on any atom is -0.394 e. The van der Waals surface area contributed by atoms with Gasteiger partial charge < -0.3 is 4.98 Å². The van der Waals surface area contributed by atoms with Crippen molar-refractivity contribution in [1.29, 1.82) is 0 Å². The van der Waals surface area contributed by atoms with Gasteiger partial charge in [0.15, 0.2) is 0 Å². The van der Waals surface area contributed by atoms with E-state index >= 15 is 0 Å². The first-order valence-electron chi connectivity index (χ1n) is 3.53. The van der Waals surface area contributed by atoms with E-state index in [2.05, 4.69) is 15.5 Å². The normalized spacial score (nSPS) is 14.0. The van der Waals surface area contributed by atoms with Crippen LogP contribution in [0.15, 0.2) is 22.7 Å². The van der Waals surface area contributed by atoms with Gasteiger partial charge in [-0.25, -0.2) is 8.57 Å². The van der Waals surface area contributed by atoms with E-state index in [-0.39, 0.29) is 32.7 Å². The Morgan fingerprint density at radius 2 is 2.38 bits per heavy atom. The summed E-state index contributed by atoms with van der Waals surface area (Å²) in [4.78, 5) is 3.81. The second kappa shape index (κ2) is 5.83. The molecule has 0 spiro atoms. The standard InChI is InChI=1S/C8H11N2OS.Y/c1-9-12(2,11)7-8-4-3-5-10-6-8;/h3-4,6H,7H2,1-2H3;/q-1;. The SMILES string of the molecule is CN=S(C)(=O)Cc1cc[c-]nc1.[Y]. The van der Waals surface area contributed by atoms with Crippen LogP contribution in [0.3, 0.4) is 0 Å². The summed E-state index contributed by atoms with van der Waals surface area (Å²) in [5, 5.41) is 0. The smallest absolute Gasteiger partial charge is 0.0457 e. The third-order valence-corrected chi connectivity index (χ3v) is 3.14. The Labute approximate surface area is 104 Å². The molecule has 0 aliphatic carbocycles. The number of pyridine rings is 1. The molecule has 1 heterocycles. The fourth-order valence-corrected chi connectivity index (χ4v) is 1.73. The quantitative estimate of drug-likeness (QED) is 0.757. The van der Waals surface area contributed by atoms with Crippen LogP contribution in [-0.2, 0) is 48.2 Å². The van der Waals surface area contributed by atoms with Gasteiger partial charge in [0.25, 0.3) is 0 Å². The predicted octanol–water partition coefficient (Wildman–Crippen LogP) is 1.11. The summed E-state index contributed by atoms with van der Waals surface area (Å²) in [7, 11) is -0.477. The third kappa shape index (κ3) is 4.84. The molecule has 69 valence electrons. The van der Waals surface area contributed by atoms with Gasteiger partial charge in [0.2, 0.25) is 0 Å². The first-order valence-corrected chi connectivity index (χ1v) is 5.62. The van der Waals surface area contributed by atoms with Gasteiger partial charge in [0.05, 0.1) is 0 Å². The van der Waals surface area contributed by atoms with Gasteiger partial charge >= 0.3 is 0 Å². The molecule has 0 aliphatic heterocycles. The third-order valence-electron chi connectivity index (χ3n) is 1.50. The van der Waals surface area contributed by atoms with Crippen LogP contribution < -0.4 is 0 Å². The fraction of sp³-hybridized carbons (Fsp3) is 0.375. The molecule has 0 amide bonds. The number of hydrogen-bond acceptors (Lipinski definition) is 3. The van der Waals surface area contributed by atoms with Crippen molar-refractivity contribution in [2.45, 2.75) is 5.75 Å². The zero-order chi connectivity index (χ0) is 9.03. The van der Waals surface area contributed by atoms with Crippen LogP contribution in [0.25, 0.3) is 0 Å². The van der Waals surface area contributed by atoms with Crippen molar-refractivity contribution in [3.05, 3.63) is 30.1 Å². The Morgan fingerprint density at radius 1 is 1.69 bits per heavy atom. The molecule has 13 heavy (non-hydrogen) atoms. The number of nitrogens with zero attached hydrogens (tertiary/aromatic N) is 2. The van der Waals surface area contributed by atoms with Crippen LogP contribution in [0, 0.1) is 6.20 Å². The van der Waals surface area contributed by atoms with Crippen molar-refractivity contribution in [2.75, 3.05) is 13.3 Å². The summed E-state index contributed by atoms with van der Waals surface area (Å²) in [5.74, 6) is 0.463. The van der Waals surface area contributed by atoms with Gasteiger partial charge in [0, 0.05) is 61.5 Å². The predicted molar refractivity (Wildman–Crippen MR) is 49.2 cm³/mol. The number of aromatic nitrogens is 1. The summed E-state index contributed by atoms with van der Waals surface area (Å²) in [6.45, 7) is 0. The molecule has 1 atom stereocenters. The second-order valence-electron chi connectivity index (χ2n) is 2.58. The van der Waals surface area contributed by atoms with Crippen molar-refractivity contribution in [2.24, 2.45) is 4.36 Å². The molecule has 0 aromatic carbocycles. The molecule has 0 bridgehead atoms. The summed E-state index contributed by atoms with van der Waals surface area (Å²) in [6, 6.07) is 3.56. The van der Waals surface area contributed by atoms with E-state index in [4.69, 9.17) is 0 Å². The molecule has 5 heteroatoms. The summed E-state index contributed by atoms with van der Waals surface area (Å²) < 4.78 is 15.3. The first kappa shape index (κ1) is 13.2. The molecule has 0 fully saturated rings. The van der Waals surface area contributed by atoms with Crippen LogP contribution in [-0.4, -0.2) is 22.5 Å². The van der Waals surface area contributed by atoms with Gasteiger partial charge in [-0.3, -0.25) is 0 Å². The van der Waals surface area contributed by atoms with E-state index in [1.165, 1.54) is 0 Å². The van der Waals surface area contributed by atoms with Crippen molar-refractivity contribution < 1.29 is 36.9 Å². The molecular weight excluding hydrogens is 261 g/mol. The Kier molecular flexibility index (Phi) is 5.93. The zero-order valence-electron chi connectivity index (χ0n) is 7.73. The van der Waals surface area contributed by atoms with Gasteiger partial charge in [-0.2, -0.15) is 12.1 Å². The first-order chi connectivity index (χ1) is 5.64. The molecule has 3 nitrogen and oxygen atoms in total. The number of hydrogen-bond donors (Lipinski definition) is 0. The molecular formula is C8H11N2OSY-. The van der Waals surface area contributed by atoms with Crippen LogP contribution in [0.1, 0.15) is 5.56 Å². The number of rotatable bonds is 2. The topological polar surface area (TPSA) is 42.3 Å². The van der Waals surface area contributed by atoms with Crippen LogP contribution in [0.5, 0.6) is 0 Å². The van der Waals surface area contributed by atoms with Crippen molar-refractivity contribution in [3.63, 3.8) is 0 Å². The summed E-state index contributed by atoms with van der Waals surface area (Å²) >= 11 is 0. The van der Waals surface area contributed by atoms with E-state index in [1.807, 2.05) is 6.07 Å². The van der Waals surface area contributed by atoms with E-state index in [0.29, 0.717) is 5.75 Å². The minimum atomic E-state index is -2.05. The van der Waals surface area contributed by atoms with E-state index in [9.17, 15) is 4.21 Å². The molecule has 0 aliphatic rings. The Morgan fingerprint density at radius 3 is 2.85 bits per heavy atom. The molecule has 1 unspecified atom stereocenters. The van der Waals surface area contributed by atoms with Crippen LogP contribution >= 0.6 is 0 Å². The maximum atomic E-state index is 11.5. The van der Waals surface area contributed by atoms with Gasteiger partial charge in [-0.1, -0.05) is 12.4 Å². The largest absolute Gasteiger partial charge is 0.394 e. The molecule has 1 aromatic rings. The molecule has 1 aromatic heterocycles. The van der Waals surface area contributed by atoms with Crippen LogP contribution in [0.4, 0.5) is 0 Å². The fourth-order valence-electron chi connectivity index (χ4n) is 0.810. The maximum Gasteiger partial charge on any atom is 0.0457 e. The van der Waals surface area contributed by atoms with Gasteiger partial charge in [0.1, 0.15) is 0 Å². The summed E-state index contributed by atoms with van der Waals surface area (Å²) in [6.07, 6.45) is 5.97. The molecule has 1 radical (unpaired) electrons. The van der Waals surface area contributed by atoms with Crippen molar-refractivity contribution in [1.82, 2.24) is 4.98 Å². The molecule has 0 N–H and O–H groups in total. The van der Waals surface area contributed by atoms with E-state index in [1.54, 1.807) is 25.6 Å². The molecule has 0 saturated carbocycles. The summed E-state index contributed by atoms with van der Waals surface area (Å²) in [5.41, 5.74) is 0.937. The Bertz CT molecular complexity index is 358. The average molecular weight is 272 g/mol.